The van der Waals surface area contributed by atoms with E-state index in [9.17, 15) is 9.00 Å². The van der Waals surface area contributed by atoms with Gasteiger partial charge in [-0.05, 0) is 17.9 Å². The molecule has 0 saturated heterocycles. The second-order valence-electron chi connectivity index (χ2n) is 4.36. The molecule has 1 heterocycles. The van der Waals surface area contributed by atoms with Crippen molar-refractivity contribution in [3.8, 4) is 0 Å². The number of aryl methyl sites for hydroxylation is 2. The van der Waals surface area contributed by atoms with E-state index in [4.69, 9.17) is 5.11 Å². The number of rotatable bonds is 6. The summed E-state index contributed by atoms with van der Waals surface area (Å²) in [5.74, 6) is -0.743. The van der Waals surface area contributed by atoms with Gasteiger partial charge in [-0.15, -0.1) is 0 Å². The molecule has 0 aliphatic heterocycles. The molecule has 6 heteroatoms. The molecular weight excluding hydrogens is 240 g/mol. The molecule has 1 N–H and O–H groups in total. The van der Waals surface area contributed by atoms with Crippen LogP contribution in [0.2, 0.25) is 0 Å². The first-order chi connectivity index (χ1) is 7.91. The van der Waals surface area contributed by atoms with Gasteiger partial charge in [0, 0.05) is 29.8 Å². The van der Waals surface area contributed by atoms with Gasteiger partial charge < -0.3 is 5.11 Å². The number of hydrogen-bond donors (Lipinski definition) is 1. The van der Waals surface area contributed by atoms with E-state index in [0.29, 0.717) is 12.2 Å². The fraction of sp³-hybridized carbons (Fsp3) is 0.636. The number of carboxylic acid groups (broad SMARTS) is 1. The predicted octanol–water partition coefficient (Wildman–Crippen LogP) is 0.821. The molecule has 0 bridgehead atoms. The molecule has 2 atom stereocenters. The number of nitrogens with zero attached hydrogens (tertiary/aromatic N) is 2. The predicted molar refractivity (Wildman–Crippen MR) is 66.2 cm³/mol. The summed E-state index contributed by atoms with van der Waals surface area (Å²) in [7, 11) is 0.468. The van der Waals surface area contributed by atoms with Gasteiger partial charge in [0.15, 0.2) is 0 Å². The Labute approximate surface area is 103 Å². The third-order valence-electron chi connectivity index (χ3n) is 2.48. The number of carboxylic acids is 1. The Balaban J connectivity index is 2.56. The van der Waals surface area contributed by atoms with Gasteiger partial charge in [-0.1, -0.05) is 13.8 Å². The molecule has 0 aromatic carbocycles. The highest BCUT2D eigenvalue weighted by atomic mass is 32.2. The van der Waals surface area contributed by atoms with Crippen molar-refractivity contribution in [1.29, 1.82) is 0 Å². The summed E-state index contributed by atoms with van der Waals surface area (Å²) in [6.45, 7) is 3.56. The van der Waals surface area contributed by atoms with Crippen LogP contribution < -0.4 is 0 Å². The van der Waals surface area contributed by atoms with Gasteiger partial charge in [-0.2, -0.15) is 5.10 Å². The fourth-order valence-electron chi connectivity index (χ4n) is 1.65. The molecule has 96 valence electrons. The second kappa shape index (κ2) is 5.95. The van der Waals surface area contributed by atoms with Crippen LogP contribution in [0.5, 0.6) is 0 Å². The topological polar surface area (TPSA) is 72.2 Å². The summed E-state index contributed by atoms with van der Waals surface area (Å²) in [4.78, 5) is 11.0. The van der Waals surface area contributed by atoms with Crippen molar-refractivity contribution in [2.75, 3.05) is 5.75 Å². The van der Waals surface area contributed by atoms with E-state index >= 15 is 0 Å². The lowest BCUT2D eigenvalue weighted by molar-refractivity contribution is -0.137. The smallest absolute Gasteiger partial charge is 0.319 e. The summed E-state index contributed by atoms with van der Waals surface area (Å²) in [5.41, 5.74) is 0.980. The first-order valence-corrected chi connectivity index (χ1v) is 6.87. The molecule has 0 spiro atoms. The van der Waals surface area contributed by atoms with Crippen molar-refractivity contribution in [2.24, 2.45) is 13.0 Å². The maximum absolute atomic E-state index is 11.9. The maximum atomic E-state index is 11.9. The van der Waals surface area contributed by atoms with E-state index in [1.165, 1.54) is 0 Å². The van der Waals surface area contributed by atoms with Crippen molar-refractivity contribution in [3.05, 3.63) is 18.0 Å². The quantitative estimate of drug-likeness (QED) is 0.820. The van der Waals surface area contributed by atoms with Crippen molar-refractivity contribution in [3.63, 3.8) is 0 Å². The normalized spacial score (nSPS) is 14.8. The largest absolute Gasteiger partial charge is 0.480 e. The van der Waals surface area contributed by atoms with E-state index in [1.807, 2.05) is 13.2 Å². The SMILES string of the molecule is CC(C)C(C(=O)O)S(=O)CCc1cnn(C)c1. The summed E-state index contributed by atoms with van der Waals surface area (Å²) in [5, 5.41) is 12.2. The first kappa shape index (κ1) is 13.9. The Morgan fingerprint density at radius 3 is 2.65 bits per heavy atom. The summed E-state index contributed by atoms with van der Waals surface area (Å²) < 4.78 is 13.6. The van der Waals surface area contributed by atoms with Gasteiger partial charge in [0.05, 0.1) is 6.20 Å². The number of aromatic nitrogens is 2. The zero-order chi connectivity index (χ0) is 13.0. The lowest BCUT2D eigenvalue weighted by atomic mass is 10.1. The third-order valence-corrected chi connectivity index (χ3v) is 4.40. The molecule has 5 nitrogen and oxygen atoms in total. The minimum Gasteiger partial charge on any atom is -0.480 e. The summed E-state index contributed by atoms with van der Waals surface area (Å²) in [6, 6.07) is 0. The fourth-order valence-corrected chi connectivity index (χ4v) is 3.17. The van der Waals surface area contributed by atoms with Gasteiger partial charge in [-0.25, -0.2) is 0 Å². The van der Waals surface area contributed by atoms with Gasteiger partial charge in [-0.3, -0.25) is 13.7 Å². The van der Waals surface area contributed by atoms with Crippen molar-refractivity contribution < 1.29 is 14.1 Å². The average molecular weight is 258 g/mol. The first-order valence-electron chi connectivity index (χ1n) is 5.49. The highest BCUT2D eigenvalue weighted by Crippen LogP contribution is 2.11. The van der Waals surface area contributed by atoms with Crippen molar-refractivity contribution in [2.45, 2.75) is 25.5 Å². The van der Waals surface area contributed by atoms with Crippen molar-refractivity contribution >= 4 is 16.8 Å². The van der Waals surface area contributed by atoms with Gasteiger partial charge in [0.25, 0.3) is 0 Å². The zero-order valence-corrected chi connectivity index (χ0v) is 11.1. The van der Waals surface area contributed by atoms with Crippen LogP contribution in [0.1, 0.15) is 19.4 Å². The molecule has 0 fully saturated rings. The molecule has 1 aromatic heterocycles. The Hall–Kier alpha value is -1.17. The average Bonchev–Trinajstić information content (AvgIpc) is 2.60. The minimum atomic E-state index is -1.35. The van der Waals surface area contributed by atoms with E-state index in [2.05, 4.69) is 5.10 Å². The Kier molecular flexibility index (Phi) is 4.86. The Morgan fingerprint density at radius 1 is 1.59 bits per heavy atom. The van der Waals surface area contributed by atoms with Gasteiger partial charge >= 0.3 is 5.97 Å². The van der Waals surface area contributed by atoms with Crippen LogP contribution in [0.4, 0.5) is 0 Å². The molecule has 0 radical (unpaired) electrons. The van der Waals surface area contributed by atoms with Crippen molar-refractivity contribution in [1.82, 2.24) is 9.78 Å². The Bertz CT molecular complexity index is 415. The highest BCUT2D eigenvalue weighted by molar-refractivity contribution is 7.86. The lowest BCUT2D eigenvalue weighted by Gasteiger charge is -2.15. The van der Waals surface area contributed by atoms with E-state index in [1.54, 1.807) is 24.7 Å². The third kappa shape index (κ3) is 3.96. The van der Waals surface area contributed by atoms with Crippen LogP contribution in [-0.2, 0) is 29.1 Å². The highest BCUT2D eigenvalue weighted by Gasteiger charge is 2.27. The molecule has 17 heavy (non-hydrogen) atoms. The number of hydrogen-bond acceptors (Lipinski definition) is 3. The molecule has 0 aliphatic rings. The Morgan fingerprint density at radius 2 is 2.24 bits per heavy atom. The van der Waals surface area contributed by atoms with E-state index in [0.717, 1.165) is 5.56 Å². The maximum Gasteiger partial charge on any atom is 0.319 e. The molecule has 1 rings (SSSR count). The lowest BCUT2D eigenvalue weighted by Crippen LogP contribution is -2.32. The van der Waals surface area contributed by atoms with Crippen LogP contribution in [0, 0.1) is 5.92 Å². The molecular formula is C11H18N2O3S. The monoisotopic (exact) mass is 258 g/mol. The van der Waals surface area contributed by atoms with Crippen LogP contribution in [0.25, 0.3) is 0 Å². The van der Waals surface area contributed by atoms with Gasteiger partial charge in [0.1, 0.15) is 5.25 Å². The summed E-state index contributed by atoms with van der Waals surface area (Å²) >= 11 is 0. The molecule has 0 amide bonds. The van der Waals surface area contributed by atoms with E-state index < -0.39 is 22.0 Å². The van der Waals surface area contributed by atoms with Crippen LogP contribution >= 0.6 is 0 Å². The van der Waals surface area contributed by atoms with E-state index in [-0.39, 0.29) is 5.92 Å². The zero-order valence-electron chi connectivity index (χ0n) is 10.3. The standard InChI is InChI=1S/C11H18N2O3S/c1-8(2)10(11(14)15)17(16)5-4-9-6-12-13(3)7-9/h6-8,10H,4-5H2,1-3H3,(H,14,15). The number of aliphatic carboxylic acids is 1. The molecule has 0 saturated carbocycles. The molecule has 0 aliphatic carbocycles. The van der Waals surface area contributed by atoms with Crippen LogP contribution in [0.15, 0.2) is 12.4 Å². The van der Waals surface area contributed by atoms with Crippen LogP contribution in [0.3, 0.4) is 0 Å². The molecule has 1 aromatic rings. The molecule has 2 unspecified atom stereocenters. The van der Waals surface area contributed by atoms with Gasteiger partial charge in [0.2, 0.25) is 0 Å². The van der Waals surface area contributed by atoms with Crippen LogP contribution in [-0.4, -0.2) is 36.1 Å². The summed E-state index contributed by atoms with van der Waals surface area (Å²) in [6.07, 6.45) is 4.15. The second-order valence-corrected chi connectivity index (χ2v) is 6.04. The number of carbonyl (C=O) groups is 1. The minimum absolute atomic E-state index is 0.123.